The highest BCUT2D eigenvalue weighted by molar-refractivity contribution is 5.96. The second-order valence-corrected chi connectivity index (χ2v) is 4.54. The third-order valence-electron chi connectivity index (χ3n) is 3.10. The minimum absolute atomic E-state index is 0.0358. The quantitative estimate of drug-likeness (QED) is 0.705. The van der Waals surface area contributed by atoms with Crippen molar-refractivity contribution in [1.82, 2.24) is 5.32 Å². The summed E-state index contributed by atoms with van der Waals surface area (Å²) in [6.07, 6.45) is 4.32. The number of carbonyl (C=O) groups is 2. The van der Waals surface area contributed by atoms with Gasteiger partial charge in [0.05, 0.1) is 5.92 Å². The van der Waals surface area contributed by atoms with Crippen molar-refractivity contribution in [2.45, 2.75) is 12.5 Å². The van der Waals surface area contributed by atoms with Gasteiger partial charge in [-0.15, -0.1) is 0 Å². The highest BCUT2D eigenvalue weighted by atomic mass is 16.2. The van der Waals surface area contributed by atoms with Gasteiger partial charge in [-0.3, -0.25) is 9.59 Å². The zero-order valence-electron chi connectivity index (χ0n) is 10.7. The maximum atomic E-state index is 11.9. The van der Waals surface area contributed by atoms with Gasteiger partial charge in [-0.2, -0.15) is 0 Å². The van der Waals surface area contributed by atoms with E-state index in [4.69, 9.17) is 5.73 Å². The number of nitrogens with one attached hydrogen (secondary N) is 2. The molecule has 1 aliphatic rings. The fourth-order valence-corrected chi connectivity index (χ4v) is 2.01. The van der Waals surface area contributed by atoms with Crippen molar-refractivity contribution in [3.05, 3.63) is 42.0 Å². The molecule has 2 amide bonds. The summed E-state index contributed by atoms with van der Waals surface area (Å²) in [7, 11) is 1.58. The molecule has 100 valence electrons. The zero-order valence-corrected chi connectivity index (χ0v) is 10.7. The molecular weight excluding hydrogens is 242 g/mol. The molecule has 0 heterocycles. The first-order valence-corrected chi connectivity index (χ1v) is 6.17. The van der Waals surface area contributed by atoms with Crippen LogP contribution in [0.1, 0.15) is 16.8 Å². The first kappa shape index (κ1) is 13.3. The van der Waals surface area contributed by atoms with Gasteiger partial charge >= 0.3 is 0 Å². The molecule has 2 atom stereocenters. The molecule has 19 heavy (non-hydrogen) atoms. The molecular formula is C14H17N3O2. The fourth-order valence-electron chi connectivity index (χ4n) is 2.01. The normalized spacial score (nSPS) is 21.2. The molecule has 0 bridgehead atoms. The lowest BCUT2D eigenvalue weighted by molar-refractivity contribution is -0.118. The number of nitrogens with two attached hydrogens (primary N) is 1. The Labute approximate surface area is 111 Å². The van der Waals surface area contributed by atoms with Gasteiger partial charge in [-0.05, 0) is 30.7 Å². The van der Waals surface area contributed by atoms with Gasteiger partial charge in [0.15, 0.2) is 0 Å². The molecule has 5 nitrogen and oxygen atoms in total. The Morgan fingerprint density at radius 1 is 1.21 bits per heavy atom. The van der Waals surface area contributed by atoms with Crippen LogP contribution in [0.2, 0.25) is 0 Å². The molecule has 2 unspecified atom stereocenters. The van der Waals surface area contributed by atoms with Crippen molar-refractivity contribution >= 4 is 17.5 Å². The summed E-state index contributed by atoms with van der Waals surface area (Å²) in [5.74, 6) is -0.395. The zero-order chi connectivity index (χ0) is 13.8. The van der Waals surface area contributed by atoms with E-state index in [-0.39, 0.29) is 23.8 Å². The molecule has 0 radical (unpaired) electrons. The second kappa shape index (κ2) is 5.67. The largest absolute Gasteiger partial charge is 0.355 e. The van der Waals surface area contributed by atoms with Gasteiger partial charge in [0.1, 0.15) is 0 Å². The van der Waals surface area contributed by atoms with Crippen molar-refractivity contribution < 1.29 is 9.59 Å². The fraction of sp³-hybridized carbons (Fsp3) is 0.286. The lowest BCUT2D eigenvalue weighted by Gasteiger charge is -2.10. The van der Waals surface area contributed by atoms with Crippen LogP contribution in [0.3, 0.4) is 0 Å². The van der Waals surface area contributed by atoms with Crippen LogP contribution in [0.25, 0.3) is 0 Å². The summed E-state index contributed by atoms with van der Waals surface area (Å²) in [6.45, 7) is 0. The Morgan fingerprint density at radius 3 is 2.42 bits per heavy atom. The number of hydrogen-bond donors (Lipinski definition) is 3. The summed E-state index contributed by atoms with van der Waals surface area (Å²) in [6, 6.07) is 6.73. The van der Waals surface area contributed by atoms with Crippen molar-refractivity contribution in [2.75, 3.05) is 12.4 Å². The number of rotatable bonds is 3. The Balaban J connectivity index is 1.98. The van der Waals surface area contributed by atoms with E-state index in [1.165, 1.54) is 0 Å². The van der Waals surface area contributed by atoms with Gasteiger partial charge in [-0.25, -0.2) is 0 Å². The van der Waals surface area contributed by atoms with Gasteiger partial charge < -0.3 is 16.4 Å². The Hall–Kier alpha value is -2.14. The van der Waals surface area contributed by atoms with E-state index in [0.717, 1.165) is 0 Å². The predicted molar refractivity (Wildman–Crippen MR) is 73.7 cm³/mol. The molecule has 4 N–H and O–H groups in total. The average molecular weight is 259 g/mol. The maximum Gasteiger partial charge on any atom is 0.251 e. The van der Waals surface area contributed by atoms with Gasteiger partial charge in [0.2, 0.25) is 5.91 Å². The molecule has 0 saturated heterocycles. The van der Waals surface area contributed by atoms with E-state index in [1.54, 1.807) is 31.3 Å². The second-order valence-electron chi connectivity index (χ2n) is 4.54. The van der Waals surface area contributed by atoms with E-state index < -0.39 is 0 Å². The van der Waals surface area contributed by atoms with Crippen LogP contribution in [0.15, 0.2) is 36.4 Å². The summed E-state index contributed by atoms with van der Waals surface area (Å²) < 4.78 is 0. The van der Waals surface area contributed by atoms with Crippen LogP contribution < -0.4 is 16.4 Å². The minimum Gasteiger partial charge on any atom is -0.355 e. The smallest absolute Gasteiger partial charge is 0.251 e. The lowest BCUT2D eigenvalue weighted by atomic mass is 10.1. The summed E-state index contributed by atoms with van der Waals surface area (Å²) >= 11 is 0. The van der Waals surface area contributed by atoms with Gasteiger partial charge in [0, 0.05) is 24.3 Å². The summed E-state index contributed by atoms with van der Waals surface area (Å²) in [4.78, 5) is 23.3. The number of anilines is 1. The molecule has 0 spiro atoms. The van der Waals surface area contributed by atoms with Crippen LogP contribution in [-0.2, 0) is 4.79 Å². The van der Waals surface area contributed by atoms with E-state index in [1.807, 2.05) is 12.2 Å². The predicted octanol–water partition coefficient (Wildman–Crippen LogP) is 0.888. The Kier molecular flexibility index (Phi) is 3.97. The van der Waals surface area contributed by atoms with Crippen LogP contribution >= 0.6 is 0 Å². The van der Waals surface area contributed by atoms with Crippen molar-refractivity contribution in [1.29, 1.82) is 0 Å². The number of carbonyl (C=O) groups excluding carboxylic acids is 2. The number of amides is 2. The first-order valence-electron chi connectivity index (χ1n) is 6.17. The molecule has 2 rings (SSSR count). The van der Waals surface area contributed by atoms with E-state index in [9.17, 15) is 9.59 Å². The molecule has 0 fully saturated rings. The van der Waals surface area contributed by atoms with Crippen LogP contribution in [0.4, 0.5) is 5.69 Å². The first-order chi connectivity index (χ1) is 9.10. The van der Waals surface area contributed by atoms with Crippen LogP contribution in [0.5, 0.6) is 0 Å². The van der Waals surface area contributed by atoms with Crippen molar-refractivity contribution in [3.63, 3.8) is 0 Å². The highest BCUT2D eigenvalue weighted by Gasteiger charge is 2.22. The van der Waals surface area contributed by atoms with Crippen molar-refractivity contribution in [3.8, 4) is 0 Å². The van der Waals surface area contributed by atoms with Crippen molar-refractivity contribution in [2.24, 2.45) is 11.7 Å². The third-order valence-corrected chi connectivity index (χ3v) is 3.10. The third kappa shape index (κ3) is 3.20. The van der Waals surface area contributed by atoms with E-state index >= 15 is 0 Å². The molecule has 1 aliphatic carbocycles. The number of hydrogen-bond acceptors (Lipinski definition) is 3. The van der Waals surface area contributed by atoms with Crippen LogP contribution in [-0.4, -0.2) is 24.9 Å². The van der Waals surface area contributed by atoms with Crippen LogP contribution in [0, 0.1) is 5.92 Å². The molecule has 1 aromatic carbocycles. The van der Waals surface area contributed by atoms with E-state index in [0.29, 0.717) is 17.7 Å². The standard InChI is InChI=1S/C14H17N3O2/c1-16-13(18)9-3-6-12(7-4-9)17-14(19)10-2-5-11(15)8-10/h2-7,10-11H,8,15H2,1H3,(H,16,18)(H,17,19). The lowest BCUT2D eigenvalue weighted by Crippen LogP contribution is -2.24. The topological polar surface area (TPSA) is 84.2 Å². The highest BCUT2D eigenvalue weighted by Crippen LogP contribution is 2.19. The maximum absolute atomic E-state index is 11.9. The van der Waals surface area contributed by atoms with E-state index in [2.05, 4.69) is 10.6 Å². The Morgan fingerprint density at radius 2 is 1.89 bits per heavy atom. The molecule has 0 saturated carbocycles. The summed E-state index contributed by atoms with van der Waals surface area (Å²) in [5.41, 5.74) is 6.94. The summed E-state index contributed by atoms with van der Waals surface area (Å²) in [5, 5.41) is 5.35. The van der Waals surface area contributed by atoms with Gasteiger partial charge in [0.25, 0.3) is 5.91 Å². The SMILES string of the molecule is CNC(=O)c1ccc(NC(=O)C2C=CC(N)C2)cc1. The number of benzene rings is 1. The molecule has 1 aromatic rings. The Bertz CT molecular complexity index is 508. The minimum atomic E-state index is -0.173. The molecule has 0 aromatic heterocycles. The monoisotopic (exact) mass is 259 g/mol. The average Bonchev–Trinajstić information content (AvgIpc) is 2.85. The van der Waals surface area contributed by atoms with Gasteiger partial charge in [-0.1, -0.05) is 12.2 Å². The molecule has 5 heteroatoms. The molecule has 0 aliphatic heterocycles.